The zero-order chi connectivity index (χ0) is 30.4. The van der Waals surface area contributed by atoms with E-state index in [4.69, 9.17) is 20.7 Å². The van der Waals surface area contributed by atoms with Crippen molar-refractivity contribution in [1.29, 1.82) is 0 Å². The van der Waals surface area contributed by atoms with Crippen molar-refractivity contribution in [2.24, 2.45) is 11.5 Å². The molecule has 0 saturated carbocycles. The predicted octanol–water partition coefficient (Wildman–Crippen LogP) is 4.57. The Balaban J connectivity index is -0.000000309. The first-order valence-corrected chi connectivity index (χ1v) is 11.9. The van der Waals surface area contributed by atoms with Gasteiger partial charge in [0.15, 0.2) is 11.6 Å². The van der Waals surface area contributed by atoms with Gasteiger partial charge in [0.05, 0.1) is 24.2 Å². The van der Waals surface area contributed by atoms with Crippen LogP contribution in [-0.2, 0) is 9.59 Å². The lowest BCUT2D eigenvalue weighted by Crippen LogP contribution is -2.19. The minimum atomic E-state index is -0.968. The minimum absolute atomic E-state index is 0. The number of aliphatic carboxylic acids is 1. The molecule has 46 heavy (non-hydrogen) atoms. The number of carboxylic acid groups (broad SMARTS) is 1. The summed E-state index contributed by atoms with van der Waals surface area (Å²) in [4.78, 5) is 44.4. The number of phenols is 3. The molecular weight excluding hydrogens is 596 g/mol. The molecule has 0 radical (unpaired) electrons. The lowest BCUT2D eigenvalue weighted by molar-refractivity contribution is -0.135. The monoisotopic (exact) mass is 642 g/mol. The molecule has 0 saturated heterocycles. The van der Waals surface area contributed by atoms with E-state index >= 15 is 0 Å². The third kappa shape index (κ3) is 14.8. The molecule has 0 aromatic heterocycles. The lowest BCUT2D eigenvalue weighted by atomic mass is 10.0. The van der Waals surface area contributed by atoms with Crippen LogP contribution in [0.15, 0.2) is 97.1 Å². The highest BCUT2D eigenvalue weighted by atomic mass is 16.5. The number of rotatable bonds is 7. The lowest BCUT2D eigenvalue weighted by Gasteiger charge is -2.07. The SMILES string of the molecule is C.C.C.C.NCC(=O)O.NCC(=O)Oc1ccc(C(=O)c2ccccc2)c(O)c1.O.O=C(c1ccccc1)c1ccc(O)cc1O. The van der Waals surface area contributed by atoms with Gasteiger partial charge in [0.25, 0.3) is 0 Å². The third-order valence-corrected chi connectivity index (χ3v) is 5.08. The molecule has 0 heterocycles. The Morgan fingerprint density at radius 3 is 1.33 bits per heavy atom. The fourth-order valence-electron chi connectivity index (χ4n) is 3.14. The zero-order valence-corrected chi connectivity index (χ0v) is 22.1. The van der Waals surface area contributed by atoms with Gasteiger partial charge in [0.1, 0.15) is 23.0 Å². The van der Waals surface area contributed by atoms with E-state index in [2.05, 4.69) is 5.73 Å². The molecule has 0 aliphatic carbocycles. The van der Waals surface area contributed by atoms with Crippen molar-refractivity contribution < 1.29 is 49.8 Å². The second kappa shape index (κ2) is 23.8. The average Bonchev–Trinajstić information content (AvgIpc) is 2.98. The normalized spacial score (nSPS) is 8.65. The Morgan fingerprint density at radius 1 is 0.587 bits per heavy atom. The van der Waals surface area contributed by atoms with E-state index in [0.29, 0.717) is 11.1 Å². The molecular formula is C34H46N2O10. The molecule has 0 bridgehead atoms. The molecule has 0 unspecified atom stereocenters. The number of hydrogen-bond acceptors (Lipinski definition) is 10. The number of ketones is 2. The Kier molecular flexibility index (Phi) is 24.6. The molecule has 0 fully saturated rings. The maximum atomic E-state index is 12.2. The van der Waals surface area contributed by atoms with Crippen molar-refractivity contribution in [3.8, 4) is 23.0 Å². The number of benzene rings is 4. The standard InChI is InChI=1S/C15H13NO4.C13H10O3.C2H5NO2.4CH4.H2O/c16-9-14(18)20-11-6-7-12(13(17)8-11)15(19)10-4-2-1-3-5-10;14-10-6-7-11(12(15)8-10)13(16)9-4-2-1-3-5-9;3-1-2(4)5;;;;;/h1-8,17H,9,16H2;1-8,14-15H;1,3H2,(H,4,5);4*1H4;1H2. The van der Waals surface area contributed by atoms with Gasteiger partial charge in [-0.05, 0) is 24.3 Å². The van der Waals surface area contributed by atoms with Crippen molar-refractivity contribution in [2.75, 3.05) is 13.1 Å². The highest BCUT2D eigenvalue weighted by molar-refractivity contribution is 6.11. The van der Waals surface area contributed by atoms with Gasteiger partial charge in [0, 0.05) is 23.3 Å². The van der Waals surface area contributed by atoms with Crippen LogP contribution in [0.5, 0.6) is 23.0 Å². The number of carbonyl (C=O) groups excluding carboxylic acids is 3. The quantitative estimate of drug-likeness (QED) is 0.0926. The zero-order valence-electron chi connectivity index (χ0n) is 22.1. The Labute approximate surface area is 269 Å². The van der Waals surface area contributed by atoms with Gasteiger partial charge in [-0.1, -0.05) is 90.4 Å². The number of nitrogens with two attached hydrogens (primary N) is 2. The second-order valence-corrected chi connectivity index (χ2v) is 8.05. The van der Waals surface area contributed by atoms with Gasteiger partial charge >= 0.3 is 11.9 Å². The van der Waals surface area contributed by atoms with Crippen LogP contribution in [0.25, 0.3) is 0 Å². The molecule has 12 heteroatoms. The average molecular weight is 643 g/mol. The maximum absolute atomic E-state index is 12.2. The fraction of sp³-hybridized carbons (Fsp3) is 0.176. The first-order valence-electron chi connectivity index (χ1n) is 11.9. The fourth-order valence-corrected chi connectivity index (χ4v) is 3.14. The van der Waals surface area contributed by atoms with Crippen LogP contribution in [0, 0.1) is 0 Å². The summed E-state index contributed by atoms with van der Waals surface area (Å²) in [5, 5.41) is 36.1. The first-order chi connectivity index (χ1) is 19.6. The van der Waals surface area contributed by atoms with Crippen molar-refractivity contribution in [3.63, 3.8) is 0 Å². The molecule has 0 aliphatic heterocycles. The van der Waals surface area contributed by atoms with E-state index < -0.39 is 11.9 Å². The summed E-state index contributed by atoms with van der Waals surface area (Å²) < 4.78 is 4.85. The smallest absolute Gasteiger partial charge is 0.325 e. The summed E-state index contributed by atoms with van der Waals surface area (Å²) in [6.45, 7) is -0.536. The molecule has 252 valence electrons. The Morgan fingerprint density at radius 2 is 0.978 bits per heavy atom. The number of ether oxygens (including phenoxy) is 1. The van der Waals surface area contributed by atoms with Crippen molar-refractivity contribution in [3.05, 3.63) is 119 Å². The van der Waals surface area contributed by atoms with E-state index in [1.807, 2.05) is 6.07 Å². The molecule has 0 aliphatic rings. The number of hydrogen-bond donors (Lipinski definition) is 6. The minimum Gasteiger partial charge on any atom is -0.508 e. The van der Waals surface area contributed by atoms with Gasteiger partial charge in [-0.25, -0.2) is 0 Å². The van der Waals surface area contributed by atoms with Crippen molar-refractivity contribution >= 4 is 23.5 Å². The van der Waals surface area contributed by atoms with E-state index in [0.717, 1.165) is 6.07 Å². The summed E-state index contributed by atoms with van der Waals surface area (Å²) in [5.74, 6) is -2.55. The highest BCUT2D eigenvalue weighted by Gasteiger charge is 2.15. The number of phenolic OH excluding ortho intramolecular Hbond substituents is 3. The largest absolute Gasteiger partial charge is 0.508 e. The molecule has 0 amide bonds. The third-order valence-electron chi connectivity index (χ3n) is 5.08. The molecule has 4 aromatic rings. The topological polar surface area (TPSA) is 242 Å². The molecule has 0 atom stereocenters. The van der Waals surface area contributed by atoms with Crippen molar-refractivity contribution in [2.45, 2.75) is 29.7 Å². The van der Waals surface area contributed by atoms with Crippen molar-refractivity contribution in [1.82, 2.24) is 0 Å². The number of carboxylic acids is 1. The molecule has 4 rings (SSSR count). The number of esters is 1. The van der Waals surface area contributed by atoms with E-state index in [1.54, 1.807) is 54.6 Å². The van der Waals surface area contributed by atoms with Gasteiger partial charge in [-0.3, -0.25) is 19.2 Å². The molecule has 4 aromatic carbocycles. The molecule has 0 spiro atoms. The van der Waals surface area contributed by atoms with Gasteiger partial charge in [-0.15, -0.1) is 0 Å². The summed E-state index contributed by atoms with van der Waals surface area (Å²) in [5.41, 5.74) is 11.0. The van der Waals surface area contributed by atoms with Crippen LogP contribution in [0.1, 0.15) is 61.5 Å². The Hall–Kier alpha value is -5.56. The van der Waals surface area contributed by atoms with E-state index in [9.17, 15) is 29.4 Å². The van der Waals surface area contributed by atoms with Crippen LogP contribution in [-0.4, -0.2) is 62.5 Å². The summed E-state index contributed by atoms with van der Waals surface area (Å²) in [6.07, 6.45) is 0. The summed E-state index contributed by atoms with van der Waals surface area (Å²) in [6, 6.07) is 25.2. The Bertz CT molecular complexity index is 1490. The number of aromatic hydroxyl groups is 3. The van der Waals surface area contributed by atoms with Crippen LogP contribution in [0.4, 0.5) is 0 Å². The van der Waals surface area contributed by atoms with Crippen LogP contribution < -0.4 is 16.2 Å². The van der Waals surface area contributed by atoms with Crippen LogP contribution >= 0.6 is 0 Å². The van der Waals surface area contributed by atoms with Gasteiger partial charge in [-0.2, -0.15) is 0 Å². The van der Waals surface area contributed by atoms with Crippen LogP contribution in [0.3, 0.4) is 0 Å². The first kappa shape index (κ1) is 47.4. The number of carbonyl (C=O) groups is 4. The van der Waals surface area contributed by atoms with Gasteiger partial charge in [0.2, 0.25) is 0 Å². The van der Waals surface area contributed by atoms with Crippen LogP contribution in [0.2, 0.25) is 0 Å². The maximum Gasteiger partial charge on any atom is 0.325 e. The summed E-state index contributed by atoms with van der Waals surface area (Å²) >= 11 is 0. The molecule has 12 nitrogen and oxygen atoms in total. The molecule has 10 N–H and O–H groups in total. The summed E-state index contributed by atoms with van der Waals surface area (Å²) in [7, 11) is 0. The highest BCUT2D eigenvalue weighted by Crippen LogP contribution is 2.26. The van der Waals surface area contributed by atoms with E-state index in [1.165, 1.54) is 30.3 Å². The predicted molar refractivity (Wildman–Crippen MR) is 180 cm³/mol. The second-order valence-electron chi connectivity index (χ2n) is 8.05. The van der Waals surface area contributed by atoms with Gasteiger partial charge < -0.3 is 42.1 Å². The van der Waals surface area contributed by atoms with E-state index in [-0.39, 0.29) is 94.0 Å².